The Balaban J connectivity index is 1.87. The first kappa shape index (κ1) is 15.1. The van der Waals surface area contributed by atoms with Crippen LogP contribution < -0.4 is 9.47 Å². The van der Waals surface area contributed by atoms with Gasteiger partial charge in [0.2, 0.25) is 0 Å². The van der Waals surface area contributed by atoms with Crippen LogP contribution in [-0.4, -0.2) is 38.8 Å². The van der Waals surface area contributed by atoms with Crippen LogP contribution in [0.15, 0.2) is 55.0 Å². The minimum absolute atomic E-state index is 0.520. The molecule has 0 aliphatic rings. The highest BCUT2D eigenvalue weighted by Crippen LogP contribution is 2.32. The maximum atomic E-state index is 5.39. The number of ether oxygens (including phenoxy) is 2. The molecule has 0 saturated carbocycles. The quantitative estimate of drug-likeness (QED) is 0.572. The van der Waals surface area contributed by atoms with Crippen molar-refractivity contribution in [1.29, 1.82) is 0 Å². The van der Waals surface area contributed by atoms with Gasteiger partial charge in [-0.05, 0) is 36.4 Å². The first-order valence-corrected chi connectivity index (χ1v) is 7.65. The minimum atomic E-state index is 0.520. The highest BCUT2D eigenvalue weighted by Gasteiger charge is 2.13. The Morgan fingerprint density at radius 3 is 2.56 bits per heavy atom. The van der Waals surface area contributed by atoms with Gasteiger partial charge in [0.25, 0.3) is 5.78 Å². The first-order chi connectivity index (χ1) is 12.3. The van der Waals surface area contributed by atoms with Gasteiger partial charge in [-0.3, -0.25) is 4.98 Å². The van der Waals surface area contributed by atoms with Gasteiger partial charge in [-0.15, -0.1) is 5.10 Å². The molecule has 0 saturated heterocycles. The third-order valence-corrected chi connectivity index (χ3v) is 3.84. The summed E-state index contributed by atoms with van der Waals surface area (Å²) in [6.45, 7) is 0. The fraction of sp³-hybridized carbons (Fsp3) is 0.111. The second-order valence-electron chi connectivity index (χ2n) is 5.29. The molecule has 0 aliphatic heterocycles. The van der Waals surface area contributed by atoms with E-state index in [2.05, 4.69) is 20.1 Å². The van der Waals surface area contributed by atoms with Crippen molar-refractivity contribution in [2.24, 2.45) is 0 Å². The second-order valence-corrected chi connectivity index (χ2v) is 5.29. The van der Waals surface area contributed by atoms with Crippen molar-refractivity contribution in [3.8, 4) is 34.1 Å². The average molecular weight is 333 g/mol. The van der Waals surface area contributed by atoms with Crippen LogP contribution in [0.2, 0.25) is 0 Å². The molecule has 3 aromatic heterocycles. The van der Waals surface area contributed by atoms with Crippen LogP contribution in [-0.2, 0) is 0 Å². The molecule has 0 fully saturated rings. The number of aromatic nitrogens is 5. The van der Waals surface area contributed by atoms with Crippen molar-refractivity contribution in [2.75, 3.05) is 14.2 Å². The lowest BCUT2D eigenvalue weighted by Crippen LogP contribution is -1.97. The monoisotopic (exact) mass is 333 g/mol. The molecule has 1 aromatic carbocycles. The van der Waals surface area contributed by atoms with E-state index in [9.17, 15) is 0 Å². The summed E-state index contributed by atoms with van der Waals surface area (Å²) in [5.41, 5.74) is 2.62. The minimum Gasteiger partial charge on any atom is -0.493 e. The maximum absolute atomic E-state index is 5.39. The van der Waals surface area contributed by atoms with Gasteiger partial charge < -0.3 is 9.47 Å². The van der Waals surface area contributed by atoms with Gasteiger partial charge in [-0.25, -0.2) is 4.98 Å². The van der Waals surface area contributed by atoms with E-state index < -0.39 is 0 Å². The molecular formula is C18H15N5O2. The zero-order valence-corrected chi connectivity index (χ0v) is 13.7. The zero-order valence-electron chi connectivity index (χ0n) is 13.7. The number of nitrogens with zero attached hydrogens (tertiary/aromatic N) is 5. The Morgan fingerprint density at radius 1 is 0.920 bits per heavy atom. The van der Waals surface area contributed by atoms with Crippen LogP contribution in [0.4, 0.5) is 0 Å². The summed E-state index contributed by atoms with van der Waals surface area (Å²) in [5, 5.41) is 4.59. The highest BCUT2D eigenvalue weighted by atomic mass is 16.5. The molecule has 0 atom stereocenters. The number of methoxy groups -OCH3 is 2. The summed E-state index contributed by atoms with van der Waals surface area (Å²) in [7, 11) is 3.22. The van der Waals surface area contributed by atoms with Crippen molar-refractivity contribution in [3.63, 3.8) is 0 Å². The largest absolute Gasteiger partial charge is 0.493 e. The van der Waals surface area contributed by atoms with Gasteiger partial charge in [-0.2, -0.15) is 9.50 Å². The van der Waals surface area contributed by atoms with Crippen LogP contribution in [0.25, 0.3) is 28.4 Å². The van der Waals surface area contributed by atoms with E-state index in [-0.39, 0.29) is 0 Å². The van der Waals surface area contributed by atoms with Gasteiger partial charge in [0.05, 0.1) is 19.9 Å². The van der Waals surface area contributed by atoms with Crippen molar-refractivity contribution < 1.29 is 9.47 Å². The van der Waals surface area contributed by atoms with Crippen LogP contribution >= 0.6 is 0 Å². The Labute approximate surface area is 143 Å². The van der Waals surface area contributed by atoms with Crippen molar-refractivity contribution in [3.05, 3.63) is 55.0 Å². The van der Waals surface area contributed by atoms with Crippen molar-refractivity contribution in [1.82, 2.24) is 24.6 Å². The highest BCUT2D eigenvalue weighted by molar-refractivity contribution is 5.66. The predicted octanol–water partition coefficient (Wildman–Crippen LogP) is 2.87. The summed E-state index contributed by atoms with van der Waals surface area (Å²) < 4.78 is 12.4. The van der Waals surface area contributed by atoms with E-state index in [4.69, 9.17) is 9.47 Å². The zero-order chi connectivity index (χ0) is 17.2. The van der Waals surface area contributed by atoms with Gasteiger partial charge in [0.1, 0.15) is 0 Å². The van der Waals surface area contributed by atoms with Gasteiger partial charge >= 0.3 is 0 Å². The fourth-order valence-electron chi connectivity index (χ4n) is 2.63. The normalized spacial score (nSPS) is 10.8. The van der Waals surface area contributed by atoms with E-state index in [1.807, 2.05) is 36.4 Å². The molecule has 0 amide bonds. The number of fused-ring (bicyclic) bond motifs is 1. The topological polar surface area (TPSA) is 74.4 Å². The summed E-state index contributed by atoms with van der Waals surface area (Å²) in [5.74, 6) is 2.42. The predicted molar refractivity (Wildman–Crippen MR) is 92.6 cm³/mol. The Bertz CT molecular complexity index is 1030. The number of rotatable bonds is 4. The van der Waals surface area contributed by atoms with Crippen LogP contribution in [0.3, 0.4) is 0 Å². The fourth-order valence-corrected chi connectivity index (χ4v) is 2.63. The second kappa shape index (κ2) is 6.20. The number of pyridine rings is 1. The lowest BCUT2D eigenvalue weighted by Gasteiger charge is -2.10. The number of hydrogen-bond acceptors (Lipinski definition) is 6. The number of hydrogen-bond donors (Lipinski definition) is 0. The summed E-state index contributed by atoms with van der Waals surface area (Å²) in [6, 6.07) is 11.4. The SMILES string of the molecule is COc1ccc(-c2ccnc3nc(-c4cccnc4)nn23)cc1OC. The van der Waals surface area contributed by atoms with E-state index in [0.717, 1.165) is 16.8 Å². The Morgan fingerprint density at radius 2 is 1.80 bits per heavy atom. The molecule has 0 bridgehead atoms. The summed E-state index contributed by atoms with van der Waals surface area (Å²) in [6.07, 6.45) is 5.15. The molecule has 124 valence electrons. The summed E-state index contributed by atoms with van der Waals surface area (Å²) in [4.78, 5) is 12.9. The van der Waals surface area contributed by atoms with Crippen LogP contribution in [0, 0.1) is 0 Å². The molecule has 0 N–H and O–H groups in total. The Hall–Kier alpha value is -3.48. The molecule has 0 spiro atoms. The van der Waals surface area contributed by atoms with E-state index >= 15 is 0 Å². The van der Waals surface area contributed by atoms with E-state index in [1.54, 1.807) is 37.3 Å². The molecule has 0 aliphatic carbocycles. The van der Waals surface area contributed by atoms with Crippen molar-refractivity contribution in [2.45, 2.75) is 0 Å². The third-order valence-electron chi connectivity index (χ3n) is 3.84. The van der Waals surface area contributed by atoms with Crippen LogP contribution in [0.5, 0.6) is 11.5 Å². The average Bonchev–Trinajstić information content (AvgIpc) is 3.12. The lowest BCUT2D eigenvalue weighted by molar-refractivity contribution is 0.355. The van der Waals surface area contributed by atoms with E-state index in [1.165, 1.54) is 0 Å². The molecule has 7 heteroatoms. The molecule has 4 rings (SSSR count). The van der Waals surface area contributed by atoms with Gasteiger partial charge in [0.15, 0.2) is 17.3 Å². The standard InChI is InChI=1S/C18H15N5O2/c1-24-15-6-5-12(10-16(15)25-2)14-7-9-20-18-21-17(22-23(14)18)13-4-3-8-19-11-13/h3-11H,1-2H3. The molecule has 4 aromatic rings. The Kier molecular flexibility index (Phi) is 3.74. The molecule has 25 heavy (non-hydrogen) atoms. The first-order valence-electron chi connectivity index (χ1n) is 7.65. The smallest absolute Gasteiger partial charge is 0.253 e. The maximum Gasteiger partial charge on any atom is 0.253 e. The lowest BCUT2D eigenvalue weighted by atomic mass is 10.1. The van der Waals surface area contributed by atoms with Crippen molar-refractivity contribution >= 4 is 5.78 Å². The molecule has 3 heterocycles. The van der Waals surface area contributed by atoms with Crippen LogP contribution in [0.1, 0.15) is 0 Å². The van der Waals surface area contributed by atoms with Gasteiger partial charge in [-0.1, -0.05) is 0 Å². The number of benzene rings is 1. The third kappa shape index (κ3) is 2.65. The molecule has 0 radical (unpaired) electrons. The molecule has 0 unspecified atom stereocenters. The molecule has 7 nitrogen and oxygen atoms in total. The van der Waals surface area contributed by atoms with E-state index in [0.29, 0.717) is 23.1 Å². The molecular weight excluding hydrogens is 318 g/mol. The summed E-state index contributed by atoms with van der Waals surface area (Å²) >= 11 is 0. The van der Waals surface area contributed by atoms with Gasteiger partial charge in [0, 0.05) is 29.7 Å².